The minimum absolute atomic E-state index is 0.119. The van der Waals surface area contributed by atoms with Gasteiger partial charge in [-0.2, -0.15) is 0 Å². The van der Waals surface area contributed by atoms with Crippen molar-refractivity contribution in [3.05, 3.63) is 65.9 Å². The second kappa shape index (κ2) is 8.18. The predicted molar refractivity (Wildman–Crippen MR) is 105 cm³/mol. The van der Waals surface area contributed by atoms with E-state index in [9.17, 15) is 9.59 Å². The highest BCUT2D eigenvalue weighted by molar-refractivity contribution is 7.13. The van der Waals surface area contributed by atoms with Gasteiger partial charge in [-0.15, -0.1) is 11.3 Å². The fourth-order valence-electron chi connectivity index (χ4n) is 2.94. The van der Waals surface area contributed by atoms with E-state index in [1.807, 2.05) is 30.3 Å². The number of hydrazine groups is 1. The maximum absolute atomic E-state index is 12.9. The number of rotatable bonds is 5. The van der Waals surface area contributed by atoms with Crippen LogP contribution < -0.4 is 4.74 Å². The molecule has 3 heterocycles. The van der Waals surface area contributed by atoms with E-state index in [0.717, 1.165) is 17.0 Å². The van der Waals surface area contributed by atoms with Gasteiger partial charge in [-0.1, -0.05) is 18.2 Å². The van der Waals surface area contributed by atoms with Crippen molar-refractivity contribution >= 4 is 23.2 Å². The van der Waals surface area contributed by atoms with Crippen LogP contribution in [0.25, 0.3) is 10.6 Å². The summed E-state index contributed by atoms with van der Waals surface area (Å²) in [6.45, 7) is 0.851. The van der Waals surface area contributed by atoms with Crippen LogP contribution >= 0.6 is 11.3 Å². The minimum Gasteiger partial charge on any atom is -0.484 e. The molecule has 0 bridgehead atoms. The number of hydrogen-bond acceptors (Lipinski definition) is 6. The molecule has 0 atom stereocenters. The highest BCUT2D eigenvalue weighted by atomic mass is 32.1. The van der Waals surface area contributed by atoms with E-state index < -0.39 is 0 Å². The third-order valence-corrected chi connectivity index (χ3v) is 5.18. The van der Waals surface area contributed by atoms with E-state index in [0.29, 0.717) is 24.5 Å². The molecule has 0 spiro atoms. The van der Waals surface area contributed by atoms with Gasteiger partial charge in [0.15, 0.2) is 6.61 Å². The number of hydrogen-bond donors (Lipinski definition) is 0. The van der Waals surface area contributed by atoms with Crippen LogP contribution in [0.5, 0.6) is 5.75 Å². The normalized spacial score (nSPS) is 13.6. The Bertz CT molecular complexity index is 962. The Morgan fingerprint density at radius 1 is 1.07 bits per heavy atom. The van der Waals surface area contributed by atoms with Gasteiger partial charge < -0.3 is 4.74 Å². The van der Waals surface area contributed by atoms with Gasteiger partial charge in [-0.3, -0.25) is 14.6 Å². The average Bonchev–Trinajstić information content (AvgIpc) is 3.43. The number of carbonyl (C=O) groups is 2. The zero-order valence-corrected chi connectivity index (χ0v) is 15.8. The molecule has 0 aliphatic carbocycles. The molecule has 0 saturated carbocycles. The van der Waals surface area contributed by atoms with Gasteiger partial charge in [0.1, 0.15) is 16.5 Å². The topological polar surface area (TPSA) is 75.6 Å². The quantitative estimate of drug-likeness (QED) is 0.665. The van der Waals surface area contributed by atoms with Crippen LogP contribution in [0, 0.1) is 0 Å². The number of ether oxygens (including phenoxy) is 1. The lowest BCUT2D eigenvalue weighted by molar-refractivity contribution is -0.142. The number of nitrogens with zero attached hydrogens (tertiary/aromatic N) is 4. The molecule has 28 heavy (non-hydrogen) atoms. The molecule has 2 amide bonds. The molecule has 0 unspecified atom stereocenters. The Balaban J connectivity index is 1.43. The first kappa shape index (κ1) is 18.1. The Morgan fingerprint density at radius 2 is 1.89 bits per heavy atom. The fraction of sp³-hybridized carbons (Fsp3) is 0.200. The highest BCUT2D eigenvalue weighted by Crippen LogP contribution is 2.24. The second-order valence-corrected chi connectivity index (χ2v) is 7.04. The third-order valence-electron chi connectivity index (χ3n) is 4.29. The summed E-state index contributed by atoms with van der Waals surface area (Å²) >= 11 is 1.38. The van der Waals surface area contributed by atoms with Crippen LogP contribution in [-0.2, 0) is 4.79 Å². The van der Waals surface area contributed by atoms with Gasteiger partial charge in [0, 0.05) is 36.4 Å². The Labute approximate surface area is 166 Å². The number of pyridine rings is 1. The molecule has 0 N–H and O–H groups in total. The zero-order chi connectivity index (χ0) is 19.3. The molecular formula is C20H18N4O3S. The minimum atomic E-state index is -0.281. The van der Waals surface area contributed by atoms with Crippen molar-refractivity contribution in [3.8, 4) is 16.3 Å². The molecule has 7 nitrogen and oxygen atoms in total. The summed E-state index contributed by atoms with van der Waals surface area (Å²) < 4.78 is 5.53. The molecule has 1 aliphatic rings. The van der Waals surface area contributed by atoms with E-state index in [1.165, 1.54) is 21.4 Å². The number of carbonyl (C=O) groups excluding carboxylic acids is 2. The van der Waals surface area contributed by atoms with E-state index in [4.69, 9.17) is 4.74 Å². The summed E-state index contributed by atoms with van der Waals surface area (Å²) in [6, 6.07) is 12.9. The van der Waals surface area contributed by atoms with Crippen molar-refractivity contribution in [3.63, 3.8) is 0 Å². The number of aromatic nitrogens is 2. The number of para-hydroxylation sites is 1. The van der Waals surface area contributed by atoms with Crippen LogP contribution in [0.15, 0.2) is 60.2 Å². The maximum atomic E-state index is 12.9. The van der Waals surface area contributed by atoms with Crippen LogP contribution in [-0.4, -0.2) is 51.5 Å². The van der Waals surface area contributed by atoms with Crippen molar-refractivity contribution in [1.29, 1.82) is 0 Å². The summed E-state index contributed by atoms with van der Waals surface area (Å²) in [5, 5.41) is 5.35. The Kier molecular flexibility index (Phi) is 5.29. The molecule has 2 aromatic heterocycles. The maximum Gasteiger partial charge on any atom is 0.291 e. The molecule has 8 heteroatoms. The molecule has 4 rings (SSSR count). The third kappa shape index (κ3) is 3.86. The van der Waals surface area contributed by atoms with E-state index in [-0.39, 0.29) is 18.4 Å². The number of thiazole rings is 1. The molecule has 0 radical (unpaired) electrons. The first-order chi connectivity index (χ1) is 13.7. The second-order valence-electron chi connectivity index (χ2n) is 6.18. The van der Waals surface area contributed by atoms with E-state index >= 15 is 0 Å². The molecule has 1 aromatic carbocycles. The molecule has 3 aromatic rings. The van der Waals surface area contributed by atoms with Crippen molar-refractivity contribution in [1.82, 2.24) is 20.0 Å². The first-order valence-corrected chi connectivity index (χ1v) is 9.76. The van der Waals surface area contributed by atoms with Crippen molar-refractivity contribution in [2.75, 3.05) is 19.7 Å². The molecule has 1 aliphatic heterocycles. The SMILES string of the molecule is O=C(COc1ccccc1)N1CCCN1C(=O)c1csc(-c2cccnc2)n1. The van der Waals surface area contributed by atoms with Crippen molar-refractivity contribution in [2.45, 2.75) is 6.42 Å². The standard InChI is InChI=1S/C20H18N4O3S/c25-18(13-27-16-7-2-1-3-8-16)23-10-5-11-24(23)20(26)17-14-28-19(22-17)15-6-4-9-21-12-15/h1-4,6-9,12,14H,5,10-11,13H2. The first-order valence-electron chi connectivity index (χ1n) is 8.88. The van der Waals surface area contributed by atoms with Gasteiger partial charge in [-0.25, -0.2) is 15.0 Å². The van der Waals surface area contributed by atoms with Crippen LogP contribution in [0.3, 0.4) is 0 Å². The Morgan fingerprint density at radius 3 is 2.68 bits per heavy atom. The average molecular weight is 394 g/mol. The summed E-state index contributed by atoms with van der Waals surface area (Å²) in [5.41, 5.74) is 1.18. The predicted octanol–water partition coefficient (Wildman–Crippen LogP) is 2.87. The van der Waals surface area contributed by atoms with Crippen LogP contribution in [0.4, 0.5) is 0 Å². The lowest BCUT2D eigenvalue weighted by Gasteiger charge is -2.27. The van der Waals surface area contributed by atoms with Crippen LogP contribution in [0.2, 0.25) is 0 Å². The highest BCUT2D eigenvalue weighted by Gasteiger charge is 2.32. The van der Waals surface area contributed by atoms with Gasteiger partial charge in [0.2, 0.25) is 0 Å². The van der Waals surface area contributed by atoms with Gasteiger partial charge in [0.05, 0.1) is 0 Å². The summed E-state index contributed by atoms with van der Waals surface area (Å²) in [5.74, 6) is 0.0860. The fourth-order valence-corrected chi connectivity index (χ4v) is 3.73. The van der Waals surface area contributed by atoms with Crippen LogP contribution in [0.1, 0.15) is 16.9 Å². The monoisotopic (exact) mass is 394 g/mol. The van der Waals surface area contributed by atoms with E-state index in [2.05, 4.69) is 9.97 Å². The lowest BCUT2D eigenvalue weighted by atomic mass is 10.3. The smallest absolute Gasteiger partial charge is 0.291 e. The van der Waals surface area contributed by atoms with Crippen molar-refractivity contribution < 1.29 is 14.3 Å². The summed E-state index contributed by atoms with van der Waals surface area (Å²) in [6.07, 6.45) is 4.12. The van der Waals surface area contributed by atoms with Gasteiger partial charge in [0.25, 0.3) is 11.8 Å². The molecule has 142 valence electrons. The summed E-state index contributed by atoms with van der Waals surface area (Å²) in [7, 11) is 0. The Hall–Kier alpha value is -3.26. The number of amides is 2. The molecule has 1 saturated heterocycles. The zero-order valence-electron chi connectivity index (χ0n) is 15.0. The molecular weight excluding hydrogens is 376 g/mol. The number of benzene rings is 1. The largest absolute Gasteiger partial charge is 0.484 e. The molecule has 1 fully saturated rings. The van der Waals surface area contributed by atoms with Crippen molar-refractivity contribution in [2.24, 2.45) is 0 Å². The van der Waals surface area contributed by atoms with Gasteiger partial charge >= 0.3 is 0 Å². The van der Waals surface area contributed by atoms with Gasteiger partial charge in [-0.05, 0) is 30.7 Å². The summed E-state index contributed by atoms with van der Waals surface area (Å²) in [4.78, 5) is 34.0. The van der Waals surface area contributed by atoms with E-state index in [1.54, 1.807) is 29.9 Å². The lowest BCUT2D eigenvalue weighted by Crippen LogP contribution is -2.46.